The number of halogens is 1. The molecule has 1 N–H and O–H groups in total. The number of pyridine rings is 1. The van der Waals surface area contributed by atoms with Gasteiger partial charge in [0.1, 0.15) is 11.4 Å². The Morgan fingerprint density at radius 1 is 1.37 bits per heavy atom. The van der Waals surface area contributed by atoms with Crippen LogP contribution in [0.3, 0.4) is 0 Å². The fourth-order valence-electron chi connectivity index (χ4n) is 2.35. The first-order chi connectivity index (χ1) is 9.29. The summed E-state index contributed by atoms with van der Waals surface area (Å²) in [6.07, 6.45) is 8.32. The smallest absolute Gasteiger partial charge is 0.150 e. The number of rotatable bonds is 2. The zero-order valence-electron chi connectivity index (χ0n) is 10.8. The highest BCUT2D eigenvalue weighted by molar-refractivity contribution is 5.76. The van der Waals surface area contributed by atoms with Crippen molar-refractivity contribution in [1.29, 1.82) is 0 Å². The molecule has 1 aliphatic carbocycles. The second-order valence-corrected chi connectivity index (χ2v) is 4.82. The molecule has 0 aromatic carbocycles. The maximum atomic E-state index is 13.3. The fraction of sp³-hybridized carbons (Fsp3) is 0.467. The van der Waals surface area contributed by atoms with Crippen molar-refractivity contribution < 1.29 is 9.60 Å². The highest BCUT2D eigenvalue weighted by Gasteiger charge is 2.11. The van der Waals surface area contributed by atoms with Crippen LogP contribution in [0.25, 0.3) is 0 Å². The maximum Gasteiger partial charge on any atom is 0.150 e. The Balaban J connectivity index is 2.00. The fourth-order valence-corrected chi connectivity index (χ4v) is 2.35. The number of hydrogen-bond donors (Lipinski definition) is 1. The minimum absolute atomic E-state index is 0.00645. The Hall–Kier alpha value is -1.89. The molecule has 0 spiro atoms. The zero-order valence-corrected chi connectivity index (χ0v) is 10.8. The van der Waals surface area contributed by atoms with Crippen LogP contribution in [0.15, 0.2) is 17.3 Å². The van der Waals surface area contributed by atoms with E-state index in [0.29, 0.717) is 11.6 Å². The predicted molar refractivity (Wildman–Crippen MR) is 71.6 cm³/mol. The van der Waals surface area contributed by atoms with Gasteiger partial charge in [-0.05, 0) is 36.8 Å². The highest BCUT2D eigenvalue weighted by atomic mass is 19.1. The van der Waals surface area contributed by atoms with Gasteiger partial charge in [-0.2, -0.15) is 0 Å². The van der Waals surface area contributed by atoms with E-state index in [0.717, 1.165) is 12.6 Å². The molecule has 0 bridgehead atoms. The minimum atomic E-state index is -0.518. The molecule has 3 nitrogen and oxygen atoms in total. The third-order valence-corrected chi connectivity index (χ3v) is 3.39. The first-order valence-corrected chi connectivity index (χ1v) is 6.62. The standard InChI is InChI=1S/C15H17FN2O/c16-14-10-9-13(18-15(14)11-17-19)8-4-7-12-5-2-1-3-6-12/h9-12,19H,1-3,5-7H2/b17-11-. The van der Waals surface area contributed by atoms with Crippen LogP contribution in [-0.4, -0.2) is 16.4 Å². The lowest BCUT2D eigenvalue weighted by Gasteiger charge is -2.18. The molecular formula is C15H17FN2O. The van der Waals surface area contributed by atoms with Crippen LogP contribution in [0.5, 0.6) is 0 Å². The molecule has 0 aliphatic heterocycles. The van der Waals surface area contributed by atoms with Gasteiger partial charge < -0.3 is 5.21 Å². The lowest BCUT2D eigenvalue weighted by molar-refractivity contribution is 0.321. The SMILES string of the molecule is O/N=C\c1nc(C#CCC2CCCCC2)ccc1F. The lowest BCUT2D eigenvalue weighted by Crippen LogP contribution is -2.04. The van der Waals surface area contributed by atoms with Gasteiger partial charge >= 0.3 is 0 Å². The molecule has 1 fully saturated rings. The second kappa shape index (κ2) is 6.89. The van der Waals surface area contributed by atoms with Crippen molar-refractivity contribution in [2.24, 2.45) is 11.1 Å². The van der Waals surface area contributed by atoms with E-state index in [-0.39, 0.29) is 5.69 Å². The molecule has 19 heavy (non-hydrogen) atoms. The van der Waals surface area contributed by atoms with Crippen LogP contribution in [0.2, 0.25) is 0 Å². The van der Waals surface area contributed by atoms with E-state index < -0.39 is 5.82 Å². The summed E-state index contributed by atoms with van der Waals surface area (Å²) < 4.78 is 13.3. The van der Waals surface area contributed by atoms with E-state index in [1.807, 2.05) is 0 Å². The summed E-state index contributed by atoms with van der Waals surface area (Å²) in [5, 5.41) is 11.2. The van der Waals surface area contributed by atoms with Crippen LogP contribution in [0.4, 0.5) is 4.39 Å². The van der Waals surface area contributed by atoms with Crippen molar-refractivity contribution in [2.45, 2.75) is 38.5 Å². The molecule has 1 saturated carbocycles. The van der Waals surface area contributed by atoms with Crippen molar-refractivity contribution in [1.82, 2.24) is 4.98 Å². The van der Waals surface area contributed by atoms with Crippen molar-refractivity contribution in [3.8, 4) is 11.8 Å². The Labute approximate surface area is 112 Å². The normalized spacial score (nSPS) is 16.3. The lowest BCUT2D eigenvalue weighted by atomic mass is 9.87. The minimum Gasteiger partial charge on any atom is -0.411 e. The van der Waals surface area contributed by atoms with Gasteiger partial charge in [-0.25, -0.2) is 9.37 Å². The van der Waals surface area contributed by atoms with Gasteiger partial charge in [0.05, 0.1) is 6.21 Å². The van der Waals surface area contributed by atoms with E-state index in [2.05, 4.69) is 22.0 Å². The summed E-state index contributed by atoms with van der Waals surface area (Å²) in [4.78, 5) is 3.99. The summed E-state index contributed by atoms with van der Waals surface area (Å²) in [6, 6.07) is 2.83. The highest BCUT2D eigenvalue weighted by Crippen LogP contribution is 2.25. The topological polar surface area (TPSA) is 45.5 Å². The average molecular weight is 260 g/mol. The molecule has 0 atom stereocenters. The first kappa shape index (κ1) is 13.5. The Morgan fingerprint density at radius 2 is 2.16 bits per heavy atom. The number of aromatic nitrogens is 1. The molecular weight excluding hydrogens is 243 g/mol. The summed E-state index contributed by atoms with van der Waals surface area (Å²) in [7, 11) is 0. The molecule has 1 aliphatic rings. The summed E-state index contributed by atoms with van der Waals surface area (Å²) in [5.41, 5.74) is 0.513. The Bertz CT molecular complexity index is 511. The van der Waals surface area contributed by atoms with Crippen molar-refractivity contribution in [2.75, 3.05) is 0 Å². The van der Waals surface area contributed by atoms with Gasteiger partial charge in [0.2, 0.25) is 0 Å². The Kier molecular flexibility index (Phi) is 4.91. The molecule has 1 heterocycles. The maximum absolute atomic E-state index is 13.3. The molecule has 1 aromatic heterocycles. The molecule has 0 saturated heterocycles. The molecule has 1 aromatic rings. The number of hydrogen-bond acceptors (Lipinski definition) is 3. The van der Waals surface area contributed by atoms with E-state index in [9.17, 15) is 4.39 Å². The van der Waals surface area contributed by atoms with Gasteiger partial charge in [-0.1, -0.05) is 30.3 Å². The van der Waals surface area contributed by atoms with Crippen LogP contribution < -0.4 is 0 Å². The van der Waals surface area contributed by atoms with Crippen molar-refractivity contribution in [3.63, 3.8) is 0 Å². The summed E-state index contributed by atoms with van der Waals surface area (Å²) in [6.45, 7) is 0. The van der Waals surface area contributed by atoms with Crippen LogP contribution in [-0.2, 0) is 0 Å². The third kappa shape index (κ3) is 4.06. The predicted octanol–water partition coefficient (Wildman–Crippen LogP) is 3.35. The molecule has 2 rings (SSSR count). The van der Waals surface area contributed by atoms with E-state index in [4.69, 9.17) is 5.21 Å². The van der Waals surface area contributed by atoms with Crippen LogP contribution in [0.1, 0.15) is 49.9 Å². The van der Waals surface area contributed by atoms with Gasteiger partial charge in [0.15, 0.2) is 5.82 Å². The van der Waals surface area contributed by atoms with Gasteiger partial charge in [-0.3, -0.25) is 0 Å². The van der Waals surface area contributed by atoms with Crippen LogP contribution in [0, 0.1) is 23.6 Å². The quantitative estimate of drug-likeness (QED) is 0.383. The van der Waals surface area contributed by atoms with Crippen molar-refractivity contribution in [3.05, 3.63) is 29.3 Å². The molecule has 0 amide bonds. The molecule has 0 radical (unpaired) electrons. The second-order valence-electron chi connectivity index (χ2n) is 4.82. The summed E-state index contributed by atoms with van der Waals surface area (Å²) in [5.74, 6) is 6.24. The molecule has 4 heteroatoms. The van der Waals surface area contributed by atoms with Crippen LogP contribution >= 0.6 is 0 Å². The van der Waals surface area contributed by atoms with Gasteiger partial charge in [0.25, 0.3) is 0 Å². The number of nitrogens with zero attached hydrogens (tertiary/aromatic N) is 2. The van der Waals surface area contributed by atoms with E-state index in [1.54, 1.807) is 0 Å². The summed E-state index contributed by atoms with van der Waals surface area (Å²) >= 11 is 0. The third-order valence-electron chi connectivity index (χ3n) is 3.39. The van der Waals surface area contributed by atoms with E-state index in [1.165, 1.54) is 44.2 Å². The van der Waals surface area contributed by atoms with Gasteiger partial charge in [-0.15, -0.1) is 0 Å². The van der Waals surface area contributed by atoms with E-state index >= 15 is 0 Å². The monoisotopic (exact) mass is 260 g/mol. The largest absolute Gasteiger partial charge is 0.411 e. The average Bonchev–Trinajstić information content (AvgIpc) is 2.44. The molecule has 0 unspecified atom stereocenters. The zero-order chi connectivity index (χ0) is 13.5. The Morgan fingerprint density at radius 3 is 2.89 bits per heavy atom. The molecule has 100 valence electrons. The van der Waals surface area contributed by atoms with Crippen molar-refractivity contribution >= 4 is 6.21 Å². The first-order valence-electron chi connectivity index (χ1n) is 6.62. The van der Waals surface area contributed by atoms with Gasteiger partial charge in [0, 0.05) is 6.42 Å². The number of oxime groups is 1.